The number of nitrogens with one attached hydrogen (secondary N) is 1. The Kier molecular flexibility index (Phi) is 3.68. The lowest BCUT2D eigenvalue weighted by molar-refractivity contribution is 0.0935. The summed E-state index contributed by atoms with van der Waals surface area (Å²) in [4.78, 5) is 11.8. The first-order valence-corrected chi connectivity index (χ1v) is 8.18. The Morgan fingerprint density at radius 3 is 2.53 bits per heavy atom. The van der Waals surface area contributed by atoms with Gasteiger partial charge in [-0.3, -0.25) is 4.79 Å². The Morgan fingerprint density at radius 2 is 2.05 bits per heavy atom. The fourth-order valence-electron chi connectivity index (χ4n) is 1.56. The number of benzene rings is 1. The third-order valence-electron chi connectivity index (χ3n) is 2.98. The monoisotopic (exact) mass is 366 g/mol. The van der Waals surface area contributed by atoms with E-state index in [2.05, 4.69) is 21.2 Å². The molecule has 1 saturated carbocycles. The highest BCUT2D eigenvalue weighted by atomic mass is 79.9. The largest absolute Gasteiger partial charge is 0.347 e. The number of hydrogen-bond acceptors (Lipinski definition) is 3. The van der Waals surface area contributed by atoms with Crippen molar-refractivity contribution in [1.29, 1.82) is 0 Å². The minimum absolute atomic E-state index is 0.123. The van der Waals surface area contributed by atoms with Crippen molar-refractivity contribution in [3.05, 3.63) is 27.2 Å². The van der Waals surface area contributed by atoms with Crippen LogP contribution in [0.25, 0.3) is 0 Å². The molecule has 0 radical (unpaired) electrons. The molecule has 1 fully saturated rings. The van der Waals surface area contributed by atoms with Crippen LogP contribution < -0.4 is 10.5 Å². The van der Waals surface area contributed by atoms with E-state index in [1.54, 1.807) is 0 Å². The number of carbonyl (C=O) groups is 1. The summed E-state index contributed by atoms with van der Waals surface area (Å²) in [6.07, 6.45) is 1.82. The molecule has 0 bridgehead atoms. The number of primary sulfonamides is 1. The van der Waals surface area contributed by atoms with Gasteiger partial charge in [-0.1, -0.05) is 11.6 Å². The Morgan fingerprint density at radius 1 is 1.47 bits per heavy atom. The summed E-state index contributed by atoms with van der Waals surface area (Å²) in [6.45, 7) is 1.92. The van der Waals surface area contributed by atoms with Crippen molar-refractivity contribution in [1.82, 2.24) is 5.32 Å². The van der Waals surface area contributed by atoms with Crippen LogP contribution in [0.1, 0.15) is 30.1 Å². The zero-order chi connectivity index (χ0) is 14.4. The Bertz CT molecular complexity index is 656. The van der Waals surface area contributed by atoms with E-state index in [9.17, 15) is 13.2 Å². The zero-order valence-electron chi connectivity index (χ0n) is 10.0. The second-order valence-electron chi connectivity index (χ2n) is 4.83. The van der Waals surface area contributed by atoms with Gasteiger partial charge in [-0.15, -0.1) is 0 Å². The molecular formula is C11H12BrClN2O3S. The van der Waals surface area contributed by atoms with Crippen LogP contribution in [0.5, 0.6) is 0 Å². The summed E-state index contributed by atoms with van der Waals surface area (Å²) < 4.78 is 23.0. The highest BCUT2D eigenvalue weighted by Crippen LogP contribution is 2.35. The molecule has 0 atom stereocenters. The minimum Gasteiger partial charge on any atom is -0.347 e. The fourth-order valence-corrected chi connectivity index (χ4v) is 3.39. The maximum Gasteiger partial charge on any atom is 0.251 e. The quantitative estimate of drug-likeness (QED) is 0.856. The SMILES string of the molecule is CC1(NC(=O)c2cc(Cl)c(Br)c(S(N)(=O)=O)c2)CC1. The highest BCUT2D eigenvalue weighted by Gasteiger charge is 2.39. The van der Waals surface area contributed by atoms with Gasteiger partial charge < -0.3 is 5.32 Å². The number of carbonyl (C=O) groups excluding carboxylic acids is 1. The first-order chi connectivity index (χ1) is 8.62. The van der Waals surface area contributed by atoms with Gasteiger partial charge in [-0.25, -0.2) is 13.6 Å². The molecule has 1 aromatic rings. The molecule has 0 aliphatic heterocycles. The predicted molar refractivity (Wildman–Crippen MR) is 75.6 cm³/mol. The summed E-state index contributed by atoms with van der Waals surface area (Å²) in [6, 6.07) is 2.62. The second-order valence-corrected chi connectivity index (χ2v) is 7.56. The van der Waals surface area contributed by atoms with Crippen LogP contribution in [0, 0.1) is 0 Å². The van der Waals surface area contributed by atoms with Crippen LogP contribution >= 0.6 is 27.5 Å². The summed E-state index contributed by atoms with van der Waals surface area (Å²) in [5.74, 6) is -0.362. The van der Waals surface area contributed by atoms with Crippen LogP contribution in [-0.4, -0.2) is 19.9 Å². The van der Waals surface area contributed by atoms with Crippen molar-refractivity contribution in [3.63, 3.8) is 0 Å². The van der Waals surface area contributed by atoms with E-state index in [0.29, 0.717) is 0 Å². The van der Waals surface area contributed by atoms with Crippen molar-refractivity contribution in [2.75, 3.05) is 0 Å². The molecule has 3 N–H and O–H groups in total. The van der Waals surface area contributed by atoms with E-state index < -0.39 is 10.0 Å². The minimum atomic E-state index is -3.95. The van der Waals surface area contributed by atoms with Crippen LogP contribution in [0.15, 0.2) is 21.5 Å². The van der Waals surface area contributed by atoms with Crippen molar-refractivity contribution in [2.45, 2.75) is 30.2 Å². The second kappa shape index (κ2) is 4.73. The van der Waals surface area contributed by atoms with E-state index >= 15 is 0 Å². The molecule has 104 valence electrons. The van der Waals surface area contributed by atoms with E-state index in [1.165, 1.54) is 12.1 Å². The lowest BCUT2D eigenvalue weighted by Gasteiger charge is -2.13. The highest BCUT2D eigenvalue weighted by molar-refractivity contribution is 9.10. The normalized spacial score (nSPS) is 17.1. The molecule has 1 amide bonds. The standard InChI is InChI=1S/C11H12BrClN2O3S/c1-11(2-3-11)15-10(16)6-4-7(13)9(12)8(5-6)19(14,17)18/h4-5H,2-3H2,1H3,(H,15,16)(H2,14,17,18). The van der Waals surface area contributed by atoms with Crippen molar-refractivity contribution in [3.8, 4) is 0 Å². The molecule has 2 rings (SSSR count). The van der Waals surface area contributed by atoms with Gasteiger partial charge >= 0.3 is 0 Å². The first kappa shape index (κ1) is 14.8. The molecule has 8 heteroatoms. The fraction of sp³-hybridized carbons (Fsp3) is 0.364. The average molecular weight is 368 g/mol. The molecule has 0 aromatic heterocycles. The zero-order valence-corrected chi connectivity index (χ0v) is 13.2. The van der Waals surface area contributed by atoms with Gasteiger partial charge in [0.25, 0.3) is 5.91 Å². The summed E-state index contributed by atoms with van der Waals surface area (Å²) >= 11 is 8.96. The van der Waals surface area contributed by atoms with Crippen LogP contribution in [-0.2, 0) is 10.0 Å². The molecule has 0 spiro atoms. The van der Waals surface area contributed by atoms with Gasteiger partial charge in [0.1, 0.15) is 0 Å². The molecule has 5 nitrogen and oxygen atoms in total. The average Bonchev–Trinajstić information content (AvgIpc) is 2.98. The van der Waals surface area contributed by atoms with E-state index in [4.69, 9.17) is 16.7 Å². The molecule has 1 aliphatic rings. The summed E-state index contributed by atoms with van der Waals surface area (Å²) in [7, 11) is -3.95. The number of sulfonamides is 1. The van der Waals surface area contributed by atoms with Crippen LogP contribution in [0.3, 0.4) is 0 Å². The number of rotatable bonds is 3. The summed E-state index contributed by atoms with van der Waals surface area (Å²) in [5.41, 5.74) is -0.0244. The molecule has 0 saturated heterocycles. The van der Waals surface area contributed by atoms with Gasteiger partial charge in [0.15, 0.2) is 0 Å². The van der Waals surface area contributed by atoms with E-state index in [1.807, 2.05) is 6.92 Å². The molecule has 0 unspecified atom stereocenters. The predicted octanol–water partition coefficient (Wildman–Crippen LogP) is 2.03. The lowest BCUT2D eigenvalue weighted by atomic mass is 10.2. The third kappa shape index (κ3) is 3.28. The molecule has 19 heavy (non-hydrogen) atoms. The molecule has 0 heterocycles. The van der Waals surface area contributed by atoms with Crippen molar-refractivity contribution < 1.29 is 13.2 Å². The number of hydrogen-bond donors (Lipinski definition) is 2. The third-order valence-corrected chi connectivity index (χ3v) is 5.56. The molecule has 1 aliphatic carbocycles. The van der Waals surface area contributed by atoms with Gasteiger partial charge in [-0.05, 0) is 47.8 Å². The maximum atomic E-state index is 12.0. The van der Waals surface area contributed by atoms with E-state index in [0.717, 1.165) is 12.8 Å². The number of amides is 1. The number of nitrogens with two attached hydrogens (primary N) is 1. The Balaban J connectivity index is 2.42. The first-order valence-electron chi connectivity index (χ1n) is 5.47. The smallest absolute Gasteiger partial charge is 0.251 e. The molecule has 1 aromatic carbocycles. The Labute approximate surface area is 124 Å². The van der Waals surface area contributed by atoms with Crippen LogP contribution in [0.4, 0.5) is 0 Å². The van der Waals surface area contributed by atoms with E-state index in [-0.39, 0.29) is 31.4 Å². The lowest BCUT2D eigenvalue weighted by Crippen LogP contribution is -2.34. The van der Waals surface area contributed by atoms with Crippen LogP contribution in [0.2, 0.25) is 5.02 Å². The van der Waals surface area contributed by atoms with Gasteiger partial charge in [0.05, 0.1) is 14.4 Å². The number of halogens is 2. The van der Waals surface area contributed by atoms with Crippen molar-refractivity contribution >= 4 is 43.5 Å². The Hall–Kier alpha value is -0.630. The van der Waals surface area contributed by atoms with Crippen molar-refractivity contribution in [2.24, 2.45) is 5.14 Å². The maximum absolute atomic E-state index is 12.0. The summed E-state index contributed by atoms with van der Waals surface area (Å²) in [5, 5.41) is 8.03. The van der Waals surface area contributed by atoms with Gasteiger partial charge in [0, 0.05) is 11.1 Å². The van der Waals surface area contributed by atoms with Gasteiger partial charge in [0.2, 0.25) is 10.0 Å². The molecular weight excluding hydrogens is 356 g/mol. The topological polar surface area (TPSA) is 89.3 Å². The van der Waals surface area contributed by atoms with Gasteiger partial charge in [-0.2, -0.15) is 0 Å².